The average Bonchev–Trinajstić information content (AvgIpc) is 2.66. The first-order chi connectivity index (χ1) is 5.20. The lowest BCUT2D eigenvalue weighted by Gasteiger charge is -2.26. The zero-order valence-corrected chi connectivity index (χ0v) is 6.91. The summed E-state index contributed by atoms with van der Waals surface area (Å²) in [6.45, 7) is 5.84. The minimum atomic E-state index is -0.0260. The molecule has 0 saturated carbocycles. The van der Waals surface area contributed by atoms with Crippen molar-refractivity contribution >= 4 is 5.97 Å². The Kier molecular flexibility index (Phi) is 1.42. The lowest BCUT2D eigenvalue weighted by molar-refractivity contribution is -0.150. The highest BCUT2D eigenvalue weighted by atomic mass is 16.5. The number of hydrogen-bond donors (Lipinski definition) is 0. The average molecular weight is 155 g/mol. The molecule has 3 atom stereocenters. The number of nitrogens with zero attached hydrogens (tertiary/aromatic N) is 1. The Morgan fingerprint density at radius 1 is 1.64 bits per heavy atom. The van der Waals surface area contributed by atoms with Crippen LogP contribution in [0.2, 0.25) is 0 Å². The molecule has 2 aliphatic rings. The molecule has 0 amide bonds. The Bertz CT molecular complexity index is 191. The van der Waals surface area contributed by atoms with Crippen molar-refractivity contribution in [1.82, 2.24) is 4.90 Å². The van der Waals surface area contributed by atoms with Gasteiger partial charge < -0.3 is 4.74 Å². The van der Waals surface area contributed by atoms with E-state index in [1.807, 2.05) is 0 Å². The van der Waals surface area contributed by atoms with Gasteiger partial charge in [-0.25, -0.2) is 0 Å². The summed E-state index contributed by atoms with van der Waals surface area (Å²) in [4.78, 5) is 13.2. The van der Waals surface area contributed by atoms with Crippen LogP contribution in [-0.4, -0.2) is 36.1 Å². The number of rotatable bonds is 1. The maximum absolute atomic E-state index is 10.9. The standard InChI is InChI=1S/C8H13NO2/c1-5(2)7-4-11-8(10)6-3-9(6)7/h5-7H,3-4H2,1-2H3/t6-,7-,9?/m0/s1. The maximum Gasteiger partial charge on any atom is 0.324 e. The molecule has 0 aromatic heterocycles. The van der Waals surface area contributed by atoms with Crippen molar-refractivity contribution in [3.05, 3.63) is 0 Å². The zero-order valence-electron chi connectivity index (χ0n) is 6.91. The Balaban J connectivity index is 2.02. The zero-order chi connectivity index (χ0) is 8.01. The summed E-state index contributed by atoms with van der Waals surface area (Å²) in [6, 6.07) is 0.578. The van der Waals surface area contributed by atoms with E-state index in [0.29, 0.717) is 18.6 Å². The number of carbonyl (C=O) groups is 1. The fourth-order valence-electron chi connectivity index (χ4n) is 1.66. The molecule has 0 radical (unpaired) electrons. The van der Waals surface area contributed by atoms with Crippen LogP contribution in [0.25, 0.3) is 0 Å². The number of fused-ring (bicyclic) bond motifs is 1. The summed E-state index contributed by atoms with van der Waals surface area (Å²) in [5.41, 5.74) is 0. The molecule has 3 heteroatoms. The van der Waals surface area contributed by atoms with Gasteiger partial charge in [0.05, 0.1) is 0 Å². The smallest absolute Gasteiger partial charge is 0.324 e. The third-order valence-corrected chi connectivity index (χ3v) is 2.51. The van der Waals surface area contributed by atoms with Gasteiger partial charge in [0.1, 0.15) is 12.6 Å². The van der Waals surface area contributed by atoms with Crippen molar-refractivity contribution < 1.29 is 9.53 Å². The van der Waals surface area contributed by atoms with Crippen LogP contribution in [0, 0.1) is 5.92 Å². The van der Waals surface area contributed by atoms with Gasteiger partial charge in [0.25, 0.3) is 0 Å². The monoisotopic (exact) mass is 155 g/mol. The second kappa shape index (κ2) is 2.21. The molecule has 0 aliphatic carbocycles. The van der Waals surface area contributed by atoms with E-state index in [9.17, 15) is 4.79 Å². The molecule has 11 heavy (non-hydrogen) atoms. The first-order valence-corrected chi connectivity index (χ1v) is 4.12. The molecule has 2 rings (SSSR count). The number of ether oxygens (including phenoxy) is 1. The first-order valence-electron chi connectivity index (χ1n) is 4.12. The van der Waals surface area contributed by atoms with E-state index in [-0.39, 0.29) is 12.0 Å². The fourth-order valence-corrected chi connectivity index (χ4v) is 1.66. The maximum atomic E-state index is 10.9. The summed E-state index contributed by atoms with van der Waals surface area (Å²) in [5, 5.41) is 0. The van der Waals surface area contributed by atoms with Crippen molar-refractivity contribution in [2.45, 2.75) is 25.9 Å². The first kappa shape index (κ1) is 7.10. The third-order valence-electron chi connectivity index (χ3n) is 2.51. The number of esters is 1. The van der Waals surface area contributed by atoms with Gasteiger partial charge in [-0.05, 0) is 5.92 Å². The molecule has 2 fully saturated rings. The van der Waals surface area contributed by atoms with E-state index in [0.717, 1.165) is 6.54 Å². The Hall–Kier alpha value is -0.570. The van der Waals surface area contributed by atoms with Crippen molar-refractivity contribution in [3.63, 3.8) is 0 Å². The fraction of sp³-hybridized carbons (Fsp3) is 0.875. The molecule has 0 aromatic carbocycles. The molecule has 0 N–H and O–H groups in total. The van der Waals surface area contributed by atoms with E-state index >= 15 is 0 Å². The van der Waals surface area contributed by atoms with Crippen LogP contribution in [0.1, 0.15) is 13.8 Å². The minimum absolute atomic E-state index is 0.0260. The quantitative estimate of drug-likeness (QED) is 0.401. The highest BCUT2D eigenvalue weighted by Crippen LogP contribution is 2.30. The van der Waals surface area contributed by atoms with E-state index in [2.05, 4.69) is 18.7 Å². The molecule has 2 aliphatic heterocycles. The van der Waals surface area contributed by atoms with Crippen LogP contribution < -0.4 is 0 Å². The molecular weight excluding hydrogens is 142 g/mol. The Morgan fingerprint density at radius 2 is 2.36 bits per heavy atom. The Labute approximate surface area is 66.3 Å². The molecule has 2 heterocycles. The topological polar surface area (TPSA) is 29.3 Å². The number of hydrogen-bond acceptors (Lipinski definition) is 3. The molecule has 0 spiro atoms. The lowest BCUT2D eigenvalue weighted by Crippen LogP contribution is -2.39. The van der Waals surface area contributed by atoms with E-state index in [1.165, 1.54) is 0 Å². The summed E-state index contributed by atoms with van der Waals surface area (Å²) >= 11 is 0. The van der Waals surface area contributed by atoms with Gasteiger partial charge in [-0.15, -0.1) is 0 Å². The molecule has 0 bridgehead atoms. The molecule has 0 aromatic rings. The highest BCUT2D eigenvalue weighted by molar-refractivity contribution is 5.80. The molecule has 62 valence electrons. The van der Waals surface area contributed by atoms with Gasteiger partial charge in [0.2, 0.25) is 0 Å². The van der Waals surface area contributed by atoms with Crippen molar-refractivity contribution in [1.29, 1.82) is 0 Å². The summed E-state index contributed by atoms with van der Waals surface area (Å²) in [6.07, 6.45) is 0. The van der Waals surface area contributed by atoms with Gasteiger partial charge in [-0.1, -0.05) is 13.8 Å². The number of carbonyl (C=O) groups excluding carboxylic acids is 1. The normalized spacial score (nSPS) is 41.7. The minimum Gasteiger partial charge on any atom is -0.463 e. The van der Waals surface area contributed by atoms with E-state index in [4.69, 9.17) is 4.74 Å². The van der Waals surface area contributed by atoms with Crippen LogP contribution in [0.4, 0.5) is 0 Å². The summed E-state index contributed by atoms with van der Waals surface area (Å²) < 4.78 is 5.03. The molecular formula is C8H13NO2. The van der Waals surface area contributed by atoms with E-state index in [1.54, 1.807) is 0 Å². The number of cyclic esters (lactones) is 1. The van der Waals surface area contributed by atoms with Gasteiger partial charge in [0.15, 0.2) is 0 Å². The number of morpholine rings is 1. The van der Waals surface area contributed by atoms with E-state index < -0.39 is 0 Å². The van der Waals surface area contributed by atoms with Gasteiger partial charge in [0, 0.05) is 12.6 Å². The van der Waals surface area contributed by atoms with Crippen LogP contribution in [0.15, 0.2) is 0 Å². The largest absolute Gasteiger partial charge is 0.463 e. The lowest BCUT2D eigenvalue weighted by atomic mass is 10.0. The third kappa shape index (κ3) is 1.03. The predicted molar refractivity (Wildman–Crippen MR) is 40.1 cm³/mol. The van der Waals surface area contributed by atoms with Crippen molar-refractivity contribution in [2.24, 2.45) is 5.92 Å². The SMILES string of the molecule is CC(C)[C@@H]1COC(=O)[C@@H]2CN21. The van der Waals surface area contributed by atoms with Crippen molar-refractivity contribution in [2.75, 3.05) is 13.2 Å². The van der Waals surface area contributed by atoms with Crippen LogP contribution >= 0.6 is 0 Å². The molecule has 3 nitrogen and oxygen atoms in total. The summed E-state index contributed by atoms with van der Waals surface area (Å²) in [7, 11) is 0. The van der Waals surface area contributed by atoms with Crippen LogP contribution in [-0.2, 0) is 9.53 Å². The molecule has 1 unspecified atom stereocenters. The van der Waals surface area contributed by atoms with Crippen molar-refractivity contribution in [3.8, 4) is 0 Å². The van der Waals surface area contributed by atoms with Gasteiger partial charge in [-0.3, -0.25) is 9.69 Å². The van der Waals surface area contributed by atoms with Crippen LogP contribution in [0.3, 0.4) is 0 Å². The Morgan fingerprint density at radius 3 is 3.00 bits per heavy atom. The second-order valence-electron chi connectivity index (χ2n) is 3.65. The second-order valence-corrected chi connectivity index (χ2v) is 3.65. The van der Waals surface area contributed by atoms with Gasteiger partial charge >= 0.3 is 5.97 Å². The summed E-state index contributed by atoms with van der Waals surface area (Å²) in [5.74, 6) is 0.565. The predicted octanol–water partition coefficient (Wildman–Crippen LogP) is 0.252. The molecule has 2 saturated heterocycles. The van der Waals surface area contributed by atoms with Gasteiger partial charge in [-0.2, -0.15) is 0 Å². The van der Waals surface area contributed by atoms with Crippen LogP contribution in [0.5, 0.6) is 0 Å². The highest BCUT2D eigenvalue weighted by Gasteiger charge is 2.50.